The number of thiophene rings is 1. The van der Waals surface area contributed by atoms with E-state index in [1.54, 1.807) is 0 Å². The lowest BCUT2D eigenvalue weighted by Gasteiger charge is -2.12. The van der Waals surface area contributed by atoms with E-state index in [2.05, 4.69) is 102 Å². The van der Waals surface area contributed by atoms with Crippen molar-refractivity contribution in [1.82, 2.24) is 0 Å². The van der Waals surface area contributed by atoms with E-state index < -0.39 is 0 Å². The topological polar surface area (TPSA) is 12.0 Å². The smallest absolute Gasteiger partial charge is 0.0463 e. The Morgan fingerprint density at radius 1 is 0.577 bits per heavy atom. The van der Waals surface area contributed by atoms with Gasteiger partial charge in [0.25, 0.3) is 0 Å². The van der Waals surface area contributed by atoms with E-state index in [1.807, 2.05) is 11.3 Å². The Kier molecular flexibility index (Phi) is 3.69. The summed E-state index contributed by atoms with van der Waals surface area (Å²) < 4.78 is 2.66. The van der Waals surface area contributed by atoms with Crippen molar-refractivity contribution in [3.63, 3.8) is 0 Å². The third-order valence-electron chi connectivity index (χ3n) is 4.67. The van der Waals surface area contributed by atoms with E-state index in [4.69, 9.17) is 0 Å². The van der Waals surface area contributed by atoms with Gasteiger partial charge in [-0.2, -0.15) is 0 Å². The molecule has 1 aromatic heterocycles. The van der Waals surface area contributed by atoms with Crippen LogP contribution in [-0.2, 0) is 0 Å². The quantitative estimate of drug-likeness (QED) is 0.355. The number of rotatable bonds is 3. The van der Waals surface area contributed by atoms with Crippen LogP contribution in [-0.4, -0.2) is 0 Å². The fourth-order valence-electron chi connectivity index (χ4n) is 3.42. The van der Waals surface area contributed by atoms with Crippen molar-refractivity contribution in [3.8, 4) is 11.1 Å². The minimum Gasteiger partial charge on any atom is -0.355 e. The average Bonchev–Trinajstić information content (AvgIpc) is 3.07. The van der Waals surface area contributed by atoms with Crippen LogP contribution in [0.2, 0.25) is 0 Å². The predicted molar refractivity (Wildman–Crippen MR) is 114 cm³/mol. The maximum absolute atomic E-state index is 3.62. The molecule has 2 heteroatoms. The molecule has 1 heterocycles. The third kappa shape index (κ3) is 2.65. The Bertz CT molecular complexity index is 1200. The molecule has 0 aliphatic carbocycles. The lowest BCUT2D eigenvalue weighted by atomic mass is 10.0. The Hall–Kier alpha value is -3.10. The highest BCUT2D eigenvalue weighted by Crippen LogP contribution is 2.36. The molecule has 0 bridgehead atoms. The zero-order valence-corrected chi connectivity index (χ0v) is 15.0. The molecule has 0 amide bonds. The Balaban J connectivity index is 1.59. The van der Waals surface area contributed by atoms with Crippen LogP contribution in [0.1, 0.15) is 0 Å². The van der Waals surface area contributed by atoms with Gasteiger partial charge in [0, 0.05) is 37.1 Å². The van der Waals surface area contributed by atoms with Crippen molar-refractivity contribution in [2.45, 2.75) is 0 Å². The summed E-state index contributed by atoms with van der Waals surface area (Å²) in [6, 6.07) is 34.2. The highest BCUT2D eigenvalue weighted by Gasteiger charge is 2.08. The molecule has 124 valence electrons. The van der Waals surface area contributed by atoms with Gasteiger partial charge < -0.3 is 5.32 Å². The first-order chi connectivity index (χ1) is 12.9. The van der Waals surface area contributed by atoms with Crippen molar-refractivity contribution in [2.75, 3.05) is 5.32 Å². The van der Waals surface area contributed by atoms with Gasteiger partial charge in [0.15, 0.2) is 0 Å². The van der Waals surface area contributed by atoms with Gasteiger partial charge in [-0.3, -0.25) is 0 Å². The maximum Gasteiger partial charge on any atom is 0.0463 e. The summed E-state index contributed by atoms with van der Waals surface area (Å²) in [5.74, 6) is 0. The fraction of sp³-hybridized carbons (Fsp3) is 0. The molecule has 0 aliphatic rings. The van der Waals surface area contributed by atoms with Crippen molar-refractivity contribution in [1.29, 1.82) is 0 Å². The summed E-state index contributed by atoms with van der Waals surface area (Å²) in [7, 11) is 0. The number of anilines is 2. The van der Waals surface area contributed by atoms with Gasteiger partial charge in [-0.15, -0.1) is 11.3 Å². The maximum atomic E-state index is 3.62. The first kappa shape index (κ1) is 15.2. The molecule has 0 unspecified atom stereocenters. The van der Waals surface area contributed by atoms with Crippen LogP contribution in [0.3, 0.4) is 0 Å². The molecule has 0 spiro atoms. The van der Waals surface area contributed by atoms with Gasteiger partial charge in [-0.25, -0.2) is 0 Å². The van der Waals surface area contributed by atoms with E-state index >= 15 is 0 Å². The molecule has 4 aromatic carbocycles. The Morgan fingerprint density at radius 3 is 2.23 bits per heavy atom. The fourth-order valence-corrected chi connectivity index (χ4v) is 4.51. The van der Waals surface area contributed by atoms with Crippen LogP contribution >= 0.6 is 11.3 Å². The normalized spacial score (nSPS) is 11.1. The molecule has 1 nitrogen and oxygen atoms in total. The molecule has 0 saturated carbocycles. The summed E-state index contributed by atoms with van der Waals surface area (Å²) in [6.07, 6.45) is 0. The second kappa shape index (κ2) is 6.32. The first-order valence-corrected chi connectivity index (χ1v) is 9.53. The van der Waals surface area contributed by atoms with Gasteiger partial charge >= 0.3 is 0 Å². The van der Waals surface area contributed by atoms with Crippen LogP contribution in [0, 0.1) is 0 Å². The first-order valence-electron chi connectivity index (χ1n) is 8.71. The molecule has 5 aromatic rings. The third-order valence-corrected chi connectivity index (χ3v) is 5.82. The highest BCUT2D eigenvalue weighted by molar-refractivity contribution is 7.25. The zero-order valence-electron chi connectivity index (χ0n) is 14.1. The van der Waals surface area contributed by atoms with Crippen LogP contribution in [0.5, 0.6) is 0 Å². The van der Waals surface area contributed by atoms with Gasteiger partial charge in [0.2, 0.25) is 0 Å². The van der Waals surface area contributed by atoms with Crippen LogP contribution < -0.4 is 5.32 Å². The largest absolute Gasteiger partial charge is 0.355 e. The molecule has 1 N–H and O–H groups in total. The molecular weight excluding hydrogens is 334 g/mol. The second-order valence-corrected chi connectivity index (χ2v) is 7.43. The molecule has 0 atom stereocenters. The number of para-hydroxylation sites is 1. The molecule has 0 aliphatic heterocycles. The van der Waals surface area contributed by atoms with Gasteiger partial charge in [-0.1, -0.05) is 66.7 Å². The minimum atomic E-state index is 1.12. The van der Waals surface area contributed by atoms with Gasteiger partial charge in [0.1, 0.15) is 0 Å². The summed E-state index contributed by atoms with van der Waals surface area (Å²) in [5, 5.41) is 6.26. The lowest BCUT2D eigenvalue weighted by Crippen LogP contribution is -1.93. The van der Waals surface area contributed by atoms with E-state index in [1.165, 1.54) is 31.3 Å². The zero-order chi connectivity index (χ0) is 17.3. The van der Waals surface area contributed by atoms with Crippen LogP contribution in [0.25, 0.3) is 31.3 Å². The van der Waals surface area contributed by atoms with E-state index in [0.29, 0.717) is 0 Å². The van der Waals surface area contributed by atoms with Crippen molar-refractivity contribution >= 4 is 42.9 Å². The molecule has 5 rings (SSSR count). The summed E-state index contributed by atoms with van der Waals surface area (Å²) >= 11 is 1.85. The monoisotopic (exact) mass is 351 g/mol. The van der Waals surface area contributed by atoms with Crippen molar-refractivity contribution < 1.29 is 0 Å². The number of benzene rings is 4. The average molecular weight is 351 g/mol. The van der Waals surface area contributed by atoms with E-state index in [9.17, 15) is 0 Å². The molecule has 0 fully saturated rings. The Morgan fingerprint density at radius 2 is 1.31 bits per heavy atom. The lowest BCUT2D eigenvalue weighted by molar-refractivity contribution is 1.55. The summed E-state index contributed by atoms with van der Waals surface area (Å²) in [6.45, 7) is 0. The van der Waals surface area contributed by atoms with Gasteiger partial charge in [0.05, 0.1) is 0 Å². The SMILES string of the molecule is c1ccc(-c2ccccc2Nc2ccc3sc4ccccc4c3c2)cc1. The van der Waals surface area contributed by atoms with E-state index in [-0.39, 0.29) is 0 Å². The second-order valence-electron chi connectivity index (χ2n) is 6.35. The molecular formula is C24H17NS. The highest BCUT2D eigenvalue weighted by atomic mass is 32.1. The van der Waals surface area contributed by atoms with Crippen molar-refractivity contribution in [3.05, 3.63) is 97.1 Å². The number of hydrogen-bond acceptors (Lipinski definition) is 2. The number of fused-ring (bicyclic) bond motifs is 3. The van der Waals surface area contributed by atoms with Crippen molar-refractivity contribution in [2.24, 2.45) is 0 Å². The predicted octanol–water partition coefficient (Wildman–Crippen LogP) is 7.47. The van der Waals surface area contributed by atoms with E-state index in [0.717, 1.165) is 11.4 Å². The summed E-state index contributed by atoms with van der Waals surface area (Å²) in [5.41, 5.74) is 4.67. The molecule has 26 heavy (non-hydrogen) atoms. The number of hydrogen-bond donors (Lipinski definition) is 1. The number of nitrogens with one attached hydrogen (secondary N) is 1. The Labute approximate surface area is 156 Å². The molecule has 0 saturated heterocycles. The molecule has 0 radical (unpaired) electrons. The minimum absolute atomic E-state index is 1.12. The summed E-state index contributed by atoms with van der Waals surface area (Å²) in [4.78, 5) is 0. The standard InChI is InChI=1S/C24H17NS/c1-2-8-17(9-3-1)19-10-4-6-12-22(19)25-18-14-15-24-21(16-18)20-11-5-7-13-23(20)26-24/h1-16,25H. The van der Waals surface area contributed by atoms with Crippen LogP contribution in [0.4, 0.5) is 11.4 Å². The van der Waals surface area contributed by atoms with Gasteiger partial charge in [-0.05, 0) is 35.9 Å². The van der Waals surface area contributed by atoms with Crippen LogP contribution in [0.15, 0.2) is 97.1 Å².